The van der Waals surface area contributed by atoms with E-state index in [-0.39, 0.29) is 0 Å². The third-order valence-corrected chi connectivity index (χ3v) is 3.70. The highest BCUT2D eigenvalue weighted by Crippen LogP contribution is 2.24. The van der Waals surface area contributed by atoms with Crippen molar-refractivity contribution >= 4 is 28.2 Å². The van der Waals surface area contributed by atoms with Gasteiger partial charge in [0.1, 0.15) is 0 Å². The first-order chi connectivity index (χ1) is 7.77. The normalized spacial score (nSPS) is 10.1. The van der Waals surface area contributed by atoms with Crippen molar-refractivity contribution in [2.45, 2.75) is 11.8 Å². The molecule has 0 bridgehead atoms. The Balaban J connectivity index is 2.19. The van der Waals surface area contributed by atoms with Crippen LogP contribution in [0, 0.1) is 6.92 Å². The van der Waals surface area contributed by atoms with E-state index in [0.717, 1.165) is 9.76 Å². The second-order valence-corrected chi connectivity index (χ2v) is 5.27. The Hall–Kier alpha value is -1.12. The number of rotatable bonds is 2. The minimum absolute atomic E-state index is 0.935. The number of thioether (sulfide) groups is 1. The molecule has 80 valence electrons. The van der Waals surface area contributed by atoms with Gasteiger partial charge in [0.15, 0.2) is 0 Å². The minimum atomic E-state index is 0.935. The van der Waals surface area contributed by atoms with Gasteiger partial charge in [-0.15, -0.1) is 0 Å². The van der Waals surface area contributed by atoms with Crippen molar-refractivity contribution in [1.82, 2.24) is 0 Å². The van der Waals surface area contributed by atoms with Crippen LogP contribution in [0.4, 0.5) is 0 Å². The SMILES string of the molecule is Cc1ccccc1C(=S)Sc1ccccc1. The van der Waals surface area contributed by atoms with Crippen molar-refractivity contribution in [3.63, 3.8) is 0 Å². The first-order valence-corrected chi connectivity index (χ1v) is 6.33. The molecule has 0 nitrogen and oxygen atoms in total. The summed E-state index contributed by atoms with van der Waals surface area (Å²) in [4.78, 5) is 1.19. The molecule has 0 unspecified atom stereocenters. The summed E-state index contributed by atoms with van der Waals surface area (Å²) in [5.74, 6) is 0. The van der Waals surface area contributed by atoms with E-state index < -0.39 is 0 Å². The fourth-order valence-corrected chi connectivity index (χ4v) is 2.82. The Morgan fingerprint density at radius 1 is 0.938 bits per heavy atom. The quantitative estimate of drug-likeness (QED) is 0.565. The van der Waals surface area contributed by atoms with Gasteiger partial charge in [0.05, 0.1) is 4.20 Å². The fourth-order valence-electron chi connectivity index (χ4n) is 1.45. The summed E-state index contributed by atoms with van der Waals surface area (Å²) >= 11 is 7.10. The van der Waals surface area contributed by atoms with Crippen molar-refractivity contribution in [3.05, 3.63) is 65.7 Å². The maximum atomic E-state index is 5.45. The molecule has 0 heterocycles. The lowest BCUT2D eigenvalue weighted by Gasteiger charge is -2.06. The molecule has 0 aliphatic rings. The zero-order chi connectivity index (χ0) is 11.4. The Kier molecular flexibility index (Phi) is 3.75. The first-order valence-electron chi connectivity index (χ1n) is 5.10. The lowest BCUT2D eigenvalue weighted by atomic mass is 10.1. The summed E-state index contributed by atoms with van der Waals surface area (Å²) in [5.41, 5.74) is 2.39. The van der Waals surface area contributed by atoms with Gasteiger partial charge in [0, 0.05) is 10.5 Å². The van der Waals surface area contributed by atoms with E-state index in [2.05, 4.69) is 31.2 Å². The maximum Gasteiger partial charge on any atom is 0.0828 e. The van der Waals surface area contributed by atoms with E-state index in [1.165, 1.54) is 10.5 Å². The Bertz CT molecular complexity index is 489. The summed E-state index contributed by atoms with van der Waals surface area (Å²) in [6.07, 6.45) is 0. The van der Waals surface area contributed by atoms with E-state index in [1.807, 2.05) is 30.3 Å². The second kappa shape index (κ2) is 5.28. The summed E-state index contributed by atoms with van der Waals surface area (Å²) in [7, 11) is 0. The summed E-state index contributed by atoms with van der Waals surface area (Å²) in [6, 6.07) is 18.5. The minimum Gasteiger partial charge on any atom is -0.0777 e. The third kappa shape index (κ3) is 2.71. The standard InChI is InChI=1S/C14H12S2/c1-11-7-5-6-10-13(11)14(15)16-12-8-3-2-4-9-12/h2-10H,1H3. The van der Waals surface area contributed by atoms with Gasteiger partial charge in [-0.05, 0) is 24.6 Å². The van der Waals surface area contributed by atoms with Gasteiger partial charge < -0.3 is 0 Å². The van der Waals surface area contributed by atoms with Crippen LogP contribution < -0.4 is 0 Å². The maximum absolute atomic E-state index is 5.45. The van der Waals surface area contributed by atoms with Gasteiger partial charge in [-0.1, -0.05) is 66.4 Å². The van der Waals surface area contributed by atoms with Crippen LogP contribution in [0.5, 0.6) is 0 Å². The van der Waals surface area contributed by atoms with Gasteiger partial charge in [-0.2, -0.15) is 0 Å². The van der Waals surface area contributed by atoms with Gasteiger partial charge in [0.25, 0.3) is 0 Å². The molecule has 0 fully saturated rings. The molecule has 0 aliphatic carbocycles. The summed E-state index contributed by atoms with van der Waals surface area (Å²) < 4.78 is 0.935. The largest absolute Gasteiger partial charge is 0.0828 e. The van der Waals surface area contributed by atoms with Crippen LogP contribution in [0.3, 0.4) is 0 Å². The molecule has 0 N–H and O–H groups in total. The van der Waals surface area contributed by atoms with Crippen LogP contribution in [0.2, 0.25) is 0 Å². The highest BCUT2D eigenvalue weighted by Gasteiger charge is 2.05. The molecule has 0 aliphatic heterocycles. The lowest BCUT2D eigenvalue weighted by molar-refractivity contribution is 1.45. The number of hydrogen-bond donors (Lipinski definition) is 0. The zero-order valence-electron chi connectivity index (χ0n) is 9.01. The Labute approximate surface area is 106 Å². The van der Waals surface area contributed by atoms with Crippen LogP contribution in [0.15, 0.2) is 59.5 Å². The van der Waals surface area contributed by atoms with Crippen molar-refractivity contribution in [3.8, 4) is 0 Å². The molecule has 2 aromatic carbocycles. The van der Waals surface area contributed by atoms with Crippen molar-refractivity contribution in [1.29, 1.82) is 0 Å². The predicted octanol–water partition coefficient (Wildman–Crippen LogP) is 4.46. The van der Waals surface area contributed by atoms with Crippen molar-refractivity contribution in [2.24, 2.45) is 0 Å². The van der Waals surface area contributed by atoms with Crippen molar-refractivity contribution < 1.29 is 0 Å². The number of aryl methyl sites for hydroxylation is 1. The van der Waals surface area contributed by atoms with Gasteiger partial charge in [-0.25, -0.2) is 0 Å². The molecular formula is C14H12S2. The molecule has 0 radical (unpaired) electrons. The molecule has 0 aromatic heterocycles. The second-order valence-electron chi connectivity index (χ2n) is 3.52. The van der Waals surface area contributed by atoms with E-state index in [9.17, 15) is 0 Å². The number of benzene rings is 2. The average molecular weight is 244 g/mol. The molecule has 16 heavy (non-hydrogen) atoms. The van der Waals surface area contributed by atoms with Crippen LogP contribution in [0.1, 0.15) is 11.1 Å². The highest BCUT2D eigenvalue weighted by atomic mass is 32.2. The van der Waals surface area contributed by atoms with E-state index in [4.69, 9.17) is 12.2 Å². The van der Waals surface area contributed by atoms with E-state index in [1.54, 1.807) is 11.8 Å². The predicted molar refractivity (Wildman–Crippen MR) is 75.2 cm³/mol. The monoisotopic (exact) mass is 244 g/mol. The average Bonchev–Trinajstić information content (AvgIpc) is 2.31. The molecule has 0 spiro atoms. The molecule has 2 rings (SSSR count). The Morgan fingerprint density at radius 2 is 1.56 bits per heavy atom. The summed E-state index contributed by atoms with van der Waals surface area (Å²) in [5, 5.41) is 0. The van der Waals surface area contributed by atoms with Crippen LogP contribution in [-0.2, 0) is 0 Å². The molecule has 2 heteroatoms. The van der Waals surface area contributed by atoms with Crippen LogP contribution in [0.25, 0.3) is 0 Å². The number of hydrogen-bond acceptors (Lipinski definition) is 2. The highest BCUT2D eigenvalue weighted by molar-refractivity contribution is 8.23. The molecule has 0 saturated heterocycles. The number of thiocarbonyl (C=S) groups is 1. The van der Waals surface area contributed by atoms with Crippen molar-refractivity contribution in [2.75, 3.05) is 0 Å². The van der Waals surface area contributed by atoms with Gasteiger partial charge >= 0.3 is 0 Å². The Morgan fingerprint density at radius 3 is 2.25 bits per heavy atom. The van der Waals surface area contributed by atoms with Crippen LogP contribution in [-0.4, -0.2) is 4.20 Å². The van der Waals surface area contributed by atoms with Gasteiger partial charge in [0.2, 0.25) is 0 Å². The third-order valence-electron chi connectivity index (χ3n) is 2.32. The lowest BCUT2D eigenvalue weighted by Crippen LogP contribution is -1.94. The zero-order valence-corrected chi connectivity index (χ0v) is 10.6. The van der Waals surface area contributed by atoms with Crippen LogP contribution >= 0.6 is 24.0 Å². The van der Waals surface area contributed by atoms with E-state index >= 15 is 0 Å². The molecule has 0 saturated carbocycles. The molecule has 2 aromatic rings. The smallest absolute Gasteiger partial charge is 0.0777 e. The molecule has 0 atom stereocenters. The molecule has 0 amide bonds. The van der Waals surface area contributed by atoms with E-state index in [0.29, 0.717) is 0 Å². The molecular weight excluding hydrogens is 232 g/mol. The topological polar surface area (TPSA) is 0 Å². The summed E-state index contributed by atoms with van der Waals surface area (Å²) in [6.45, 7) is 2.09. The van der Waals surface area contributed by atoms with Gasteiger partial charge in [-0.3, -0.25) is 0 Å². The fraction of sp³-hybridized carbons (Fsp3) is 0.0714. The first kappa shape index (κ1) is 11.4.